The number of methoxy groups -OCH3 is 1. The van der Waals surface area contributed by atoms with Gasteiger partial charge in [0.25, 0.3) is 5.91 Å². The summed E-state index contributed by atoms with van der Waals surface area (Å²) in [5, 5.41) is 20.1. The Kier molecular flexibility index (Phi) is 6.47. The third kappa shape index (κ3) is 4.84. The largest absolute Gasteiger partial charge is 0.480 e. The van der Waals surface area contributed by atoms with E-state index in [0.29, 0.717) is 29.9 Å². The minimum atomic E-state index is -4.83. The number of aromatic nitrogens is 4. The third-order valence-corrected chi connectivity index (χ3v) is 5.47. The van der Waals surface area contributed by atoms with E-state index in [2.05, 4.69) is 26.3 Å². The van der Waals surface area contributed by atoms with Crippen LogP contribution >= 0.6 is 0 Å². The molecule has 1 amide bonds. The molecular weight excluding hydrogens is 451 g/mol. The molecule has 1 aromatic carbocycles. The smallest absolute Gasteiger partial charge is 0.434 e. The number of alkyl halides is 3. The van der Waals surface area contributed by atoms with Crippen molar-refractivity contribution in [1.29, 1.82) is 5.26 Å². The molecule has 0 radical (unpaired) electrons. The summed E-state index contributed by atoms with van der Waals surface area (Å²) in [6, 6.07) is 11.9. The van der Waals surface area contributed by atoms with E-state index in [1.807, 2.05) is 12.1 Å². The average Bonchev–Trinajstić information content (AvgIpc) is 3.31. The first-order valence-electron chi connectivity index (χ1n) is 10.3. The summed E-state index contributed by atoms with van der Waals surface area (Å²) in [6.45, 7) is 2.19. The van der Waals surface area contributed by atoms with Crippen LogP contribution in [0.2, 0.25) is 0 Å². The van der Waals surface area contributed by atoms with Crippen molar-refractivity contribution < 1.29 is 22.7 Å². The first kappa shape index (κ1) is 23.2. The molecule has 12 heteroatoms. The number of hydrogen-bond donors (Lipinski definition) is 0. The monoisotopic (exact) mass is 471 g/mol. The molecule has 0 saturated carbocycles. The maximum atomic E-state index is 13.9. The predicted octanol–water partition coefficient (Wildman–Crippen LogP) is 2.52. The summed E-state index contributed by atoms with van der Waals surface area (Å²) >= 11 is 0. The normalized spacial score (nSPS) is 14.6. The van der Waals surface area contributed by atoms with Gasteiger partial charge >= 0.3 is 6.18 Å². The second kappa shape index (κ2) is 9.48. The summed E-state index contributed by atoms with van der Waals surface area (Å²) in [6.07, 6.45) is -3.92. The highest BCUT2D eigenvalue weighted by atomic mass is 19.4. The van der Waals surface area contributed by atoms with Crippen molar-refractivity contribution in [2.75, 3.05) is 33.3 Å². The van der Waals surface area contributed by atoms with E-state index in [1.54, 1.807) is 12.1 Å². The first-order valence-corrected chi connectivity index (χ1v) is 10.3. The number of nitriles is 1. The molecule has 1 aliphatic rings. The fraction of sp³-hybridized carbons (Fsp3) is 0.318. The minimum Gasteiger partial charge on any atom is -0.480 e. The van der Waals surface area contributed by atoms with Gasteiger partial charge < -0.3 is 9.64 Å². The molecule has 0 atom stereocenters. The Morgan fingerprint density at radius 3 is 2.35 bits per heavy atom. The zero-order chi connectivity index (χ0) is 24.3. The van der Waals surface area contributed by atoms with Crippen LogP contribution in [0.5, 0.6) is 5.88 Å². The van der Waals surface area contributed by atoms with Crippen LogP contribution in [0.25, 0.3) is 5.82 Å². The second-order valence-corrected chi connectivity index (χ2v) is 7.63. The molecule has 2 aromatic heterocycles. The molecule has 4 rings (SSSR count). The lowest BCUT2D eigenvalue weighted by Gasteiger charge is -2.34. The van der Waals surface area contributed by atoms with Crippen LogP contribution < -0.4 is 4.74 Å². The van der Waals surface area contributed by atoms with Gasteiger partial charge in [-0.3, -0.25) is 9.69 Å². The van der Waals surface area contributed by atoms with Gasteiger partial charge in [-0.25, -0.2) is 4.68 Å². The molecular formula is C22H20F3N7O2. The average molecular weight is 471 g/mol. The Hall–Kier alpha value is -3.98. The van der Waals surface area contributed by atoms with E-state index in [4.69, 9.17) is 10.00 Å². The van der Waals surface area contributed by atoms with Crippen molar-refractivity contribution >= 4 is 5.91 Å². The van der Waals surface area contributed by atoms with E-state index in [9.17, 15) is 18.0 Å². The van der Waals surface area contributed by atoms with Crippen molar-refractivity contribution in [2.45, 2.75) is 12.7 Å². The number of ether oxygens (including phenoxy) is 1. The van der Waals surface area contributed by atoms with Crippen molar-refractivity contribution in [1.82, 2.24) is 29.8 Å². The fourth-order valence-corrected chi connectivity index (χ4v) is 3.71. The molecule has 0 bridgehead atoms. The van der Waals surface area contributed by atoms with Gasteiger partial charge in [0.05, 0.1) is 30.5 Å². The van der Waals surface area contributed by atoms with Gasteiger partial charge in [0.1, 0.15) is 0 Å². The summed E-state index contributed by atoms with van der Waals surface area (Å²) in [5.74, 6) is -0.780. The summed E-state index contributed by atoms with van der Waals surface area (Å²) in [5.41, 5.74) is -0.150. The molecule has 0 aliphatic carbocycles. The van der Waals surface area contributed by atoms with Crippen LogP contribution in [0.3, 0.4) is 0 Å². The molecule has 3 aromatic rings. The highest BCUT2D eigenvalue weighted by molar-refractivity contribution is 5.95. The highest BCUT2D eigenvalue weighted by Gasteiger charge is 2.42. The number of carbonyl (C=O) groups excluding carboxylic acids is 1. The number of benzene rings is 1. The van der Waals surface area contributed by atoms with Crippen molar-refractivity contribution in [2.24, 2.45) is 0 Å². The van der Waals surface area contributed by atoms with E-state index in [-0.39, 0.29) is 24.8 Å². The summed E-state index contributed by atoms with van der Waals surface area (Å²) in [7, 11) is 1.36. The zero-order valence-electron chi connectivity index (χ0n) is 18.2. The Balaban J connectivity index is 1.48. The molecule has 1 saturated heterocycles. The molecule has 3 heterocycles. The molecule has 1 aliphatic heterocycles. The Bertz CT molecular complexity index is 1190. The molecule has 9 nitrogen and oxygen atoms in total. The fourth-order valence-electron chi connectivity index (χ4n) is 3.71. The van der Waals surface area contributed by atoms with Crippen molar-refractivity contribution in [3.63, 3.8) is 0 Å². The molecule has 0 spiro atoms. The van der Waals surface area contributed by atoms with E-state index >= 15 is 0 Å². The number of piperazine rings is 1. The van der Waals surface area contributed by atoms with Gasteiger partial charge in [-0.15, -0.1) is 10.2 Å². The lowest BCUT2D eigenvalue weighted by molar-refractivity contribution is -0.143. The standard InChI is InChI=1S/C22H20F3N7O2/c1-34-19-7-6-18(28-29-19)32-20(22(23,24)25)17(13-27-32)21(33)31-10-8-30(9-11-31)14-16-4-2-15(12-26)3-5-16/h2-7,13H,8-11,14H2,1H3. The molecule has 1 fully saturated rings. The van der Waals surface area contributed by atoms with Crippen LogP contribution in [0.1, 0.15) is 27.2 Å². The Morgan fingerprint density at radius 1 is 1.09 bits per heavy atom. The SMILES string of the molecule is COc1ccc(-n2ncc(C(=O)N3CCN(Cc4ccc(C#N)cc4)CC3)c2C(F)(F)F)nn1. The summed E-state index contributed by atoms with van der Waals surface area (Å²) in [4.78, 5) is 16.5. The van der Waals surface area contributed by atoms with E-state index < -0.39 is 23.3 Å². The highest BCUT2D eigenvalue weighted by Crippen LogP contribution is 2.34. The lowest BCUT2D eigenvalue weighted by Crippen LogP contribution is -2.48. The Morgan fingerprint density at radius 2 is 1.79 bits per heavy atom. The zero-order valence-corrected chi connectivity index (χ0v) is 18.2. The number of nitrogens with zero attached hydrogens (tertiary/aromatic N) is 7. The van der Waals surface area contributed by atoms with Gasteiger partial charge in [0, 0.05) is 38.8 Å². The maximum absolute atomic E-state index is 13.9. The maximum Gasteiger partial charge on any atom is 0.434 e. The van der Waals surface area contributed by atoms with Gasteiger partial charge in [-0.05, 0) is 23.8 Å². The van der Waals surface area contributed by atoms with Crippen LogP contribution in [0.15, 0.2) is 42.6 Å². The third-order valence-electron chi connectivity index (χ3n) is 5.47. The number of rotatable bonds is 5. The van der Waals surface area contributed by atoms with Gasteiger partial charge in [-0.2, -0.15) is 23.5 Å². The number of amides is 1. The number of hydrogen-bond acceptors (Lipinski definition) is 7. The van der Waals surface area contributed by atoms with Gasteiger partial charge in [-0.1, -0.05) is 12.1 Å². The topological polar surface area (TPSA) is 100 Å². The van der Waals surface area contributed by atoms with Crippen molar-refractivity contribution in [3.05, 3.63) is 65.0 Å². The van der Waals surface area contributed by atoms with E-state index in [1.165, 1.54) is 24.1 Å². The quantitative estimate of drug-likeness (QED) is 0.564. The Labute approximate surface area is 193 Å². The summed E-state index contributed by atoms with van der Waals surface area (Å²) < 4.78 is 47.2. The van der Waals surface area contributed by atoms with Crippen molar-refractivity contribution in [3.8, 4) is 17.8 Å². The molecule has 0 unspecified atom stereocenters. The van der Waals surface area contributed by atoms with Gasteiger partial charge in [0.15, 0.2) is 11.5 Å². The molecule has 0 N–H and O–H groups in total. The van der Waals surface area contributed by atoms with Crippen LogP contribution in [0.4, 0.5) is 13.2 Å². The van der Waals surface area contributed by atoms with Crippen LogP contribution in [-0.2, 0) is 12.7 Å². The van der Waals surface area contributed by atoms with E-state index in [0.717, 1.165) is 11.8 Å². The van der Waals surface area contributed by atoms with Gasteiger partial charge in [0.2, 0.25) is 5.88 Å². The first-order chi connectivity index (χ1) is 16.3. The van der Waals surface area contributed by atoms with Crippen LogP contribution in [-0.4, -0.2) is 69.0 Å². The number of carbonyl (C=O) groups is 1. The second-order valence-electron chi connectivity index (χ2n) is 7.63. The predicted molar refractivity (Wildman–Crippen MR) is 113 cm³/mol. The number of halogens is 3. The molecule has 34 heavy (non-hydrogen) atoms. The van der Waals surface area contributed by atoms with Crippen LogP contribution in [0, 0.1) is 11.3 Å². The minimum absolute atomic E-state index is 0.139. The molecule has 176 valence electrons. The lowest BCUT2D eigenvalue weighted by atomic mass is 10.1.